The molecule has 0 amide bonds. The van der Waals surface area contributed by atoms with Gasteiger partial charge in [0, 0.05) is 19.4 Å². The molecule has 1 aromatic rings. The molecule has 31 heavy (non-hydrogen) atoms. The summed E-state index contributed by atoms with van der Waals surface area (Å²) < 4.78 is 80.4. The van der Waals surface area contributed by atoms with Crippen molar-refractivity contribution in [2.24, 2.45) is 0 Å². The van der Waals surface area contributed by atoms with Crippen LogP contribution in [0.15, 0.2) is 24.3 Å². The standard InChI is InChI=1S/C17H19F3O10S/c1-8(21)27-7-12-16(28-9(2)22)14(24)13(23)15(29-12)10-5-3-4-6-11(10)30-31(25,26)17(18,19)20/h3-6,12-16,23-24H,7H2,1-2H3/t12-,13+,14-,15-,16+/m1/s1. The van der Waals surface area contributed by atoms with Crippen LogP contribution in [0.2, 0.25) is 0 Å². The second-order valence-corrected chi connectivity index (χ2v) is 8.01. The van der Waals surface area contributed by atoms with Crippen molar-refractivity contribution >= 4 is 22.1 Å². The molecule has 0 aliphatic carbocycles. The quantitative estimate of drug-likeness (QED) is 0.342. The maximum absolute atomic E-state index is 12.7. The van der Waals surface area contributed by atoms with Gasteiger partial charge in [0.15, 0.2) is 6.10 Å². The molecule has 0 spiro atoms. The van der Waals surface area contributed by atoms with Crippen molar-refractivity contribution < 1.29 is 59.8 Å². The number of hydrogen-bond donors (Lipinski definition) is 2. The van der Waals surface area contributed by atoms with Gasteiger partial charge in [-0.1, -0.05) is 18.2 Å². The van der Waals surface area contributed by atoms with Crippen LogP contribution in [-0.2, 0) is 33.9 Å². The summed E-state index contributed by atoms with van der Waals surface area (Å²) >= 11 is 0. The fourth-order valence-corrected chi connectivity index (χ4v) is 3.31. The number of carbonyl (C=O) groups excluding carboxylic acids is 2. The summed E-state index contributed by atoms with van der Waals surface area (Å²) in [5.74, 6) is -2.42. The molecule has 1 aliphatic heterocycles. The molecule has 0 unspecified atom stereocenters. The lowest BCUT2D eigenvalue weighted by molar-refractivity contribution is -0.242. The summed E-state index contributed by atoms with van der Waals surface area (Å²) in [4.78, 5) is 22.5. The van der Waals surface area contributed by atoms with E-state index < -0.39 is 70.4 Å². The molecular formula is C17H19F3O10S. The number of carbonyl (C=O) groups is 2. The maximum atomic E-state index is 12.7. The van der Waals surface area contributed by atoms with E-state index in [9.17, 15) is 41.4 Å². The minimum Gasteiger partial charge on any atom is -0.463 e. The molecule has 1 saturated heterocycles. The zero-order chi connectivity index (χ0) is 23.6. The number of aliphatic hydroxyl groups is 2. The predicted molar refractivity (Wildman–Crippen MR) is 93.9 cm³/mol. The van der Waals surface area contributed by atoms with E-state index in [4.69, 9.17) is 14.2 Å². The zero-order valence-corrected chi connectivity index (χ0v) is 16.9. The fourth-order valence-electron chi connectivity index (χ4n) is 2.82. The lowest BCUT2D eigenvalue weighted by atomic mass is 9.90. The number of halogens is 3. The normalized spacial score (nSPS) is 26.7. The summed E-state index contributed by atoms with van der Waals surface area (Å²) in [5, 5.41) is 20.9. The van der Waals surface area contributed by atoms with Gasteiger partial charge in [0.05, 0.1) is 0 Å². The van der Waals surface area contributed by atoms with Gasteiger partial charge in [-0.05, 0) is 6.07 Å². The van der Waals surface area contributed by atoms with Crippen LogP contribution in [0.1, 0.15) is 25.5 Å². The van der Waals surface area contributed by atoms with Gasteiger partial charge in [-0.3, -0.25) is 9.59 Å². The first-order valence-corrected chi connectivity index (χ1v) is 10.1. The summed E-state index contributed by atoms with van der Waals surface area (Å²) in [6.07, 6.45) is -8.16. The van der Waals surface area contributed by atoms with Crippen LogP contribution in [0.3, 0.4) is 0 Å². The topological polar surface area (TPSA) is 146 Å². The molecule has 1 heterocycles. The molecule has 174 valence electrons. The Kier molecular flexibility index (Phi) is 7.52. The average molecular weight is 472 g/mol. The van der Waals surface area contributed by atoms with E-state index in [1.807, 2.05) is 0 Å². The third-order valence-electron chi connectivity index (χ3n) is 4.15. The highest BCUT2D eigenvalue weighted by molar-refractivity contribution is 7.88. The molecule has 0 aromatic heterocycles. The lowest BCUT2D eigenvalue weighted by Gasteiger charge is -2.42. The van der Waals surface area contributed by atoms with Crippen LogP contribution in [0, 0.1) is 0 Å². The number of para-hydroxylation sites is 1. The van der Waals surface area contributed by atoms with Crippen molar-refractivity contribution in [3.05, 3.63) is 29.8 Å². The van der Waals surface area contributed by atoms with Gasteiger partial charge < -0.3 is 28.6 Å². The van der Waals surface area contributed by atoms with Crippen molar-refractivity contribution in [2.75, 3.05) is 6.61 Å². The second-order valence-electron chi connectivity index (χ2n) is 6.47. The third-order valence-corrected chi connectivity index (χ3v) is 5.11. The van der Waals surface area contributed by atoms with Gasteiger partial charge in [0.2, 0.25) is 0 Å². The van der Waals surface area contributed by atoms with Gasteiger partial charge in [0.1, 0.15) is 36.8 Å². The van der Waals surface area contributed by atoms with E-state index in [1.54, 1.807) is 0 Å². The van der Waals surface area contributed by atoms with Crippen molar-refractivity contribution in [2.45, 2.75) is 49.9 Å². The van der Waals surface area contributed by atoms with Gasteiger partial charge in [0.25, 0.3) is 0 Å². The Morgan fingerprint density at radius 1 is 1.10 bits per heavy atom. The van der Waals surface area contributed by atoms with Gasteiger partial charge in [-0.25, -0.2) is 0 Å². The van der Waals surface area contributed by atoms with Crippen LogP contribution in [0.4, 0.5) is 13.2 Å². The van der Waals surface area contributed by atoms with Gasteiger partial charge in [-0.2, -0.15) is 21.6 Å². The first-order valence-electron chi connectivity index (χ1n) is 8.66. The summed E-state index contributed by atoms with van der Waals surface area (Å²) in [6.45, 7) is 1.54. The van der Waals surface area contributed by atoms with E-state index in [-0.39, 0.29) is 5.56 Å². The molecule has 1 fully saturated rings. The average Bonchev–Trinajstić information content (AvgIpc) is 2.64. The molecule has 0 bridgehead atoms. The summed E-state index contributed by atoms with van der Waals surface area (Å²) in [6, 6.07) is 4.47. The van der Waals surface area contributed by atoms with Crippen LogP contribution < -0.4 is 4.18 Å². The molecule has 10 nitrogen and oxygen atoms in total. The fraction of sp³-hybridized carbons (Fsp3) is 0.529. The molecule has 0 radical (unpaired) electrons. The van der Waals surface area contributed by atoms with E-state index in [2.05, 4.69) is 4.18 Å². The van der Waals surface area contributed by atoms with E-state index in [1.165, 1.54) is 12.1 Å². The number of benzene rings is 1. The van der Waals surface area contributed by atoms with Crippen molar-refractivity contribution in [3.8, 4) is 5.75 Å². The van der Waals surface area contributed by atoms with Crippen LogP contribution in [0.5, 0.6) is 5.75 Å². The van der Waals surface area contributed by atoms with Gasteiger partial charge >= 0.3 is 27.6 Å². The number of aliphatic hydroxyl groups excluding tert-OH is 2. The molecule has 1 aliphatic rings. The molecule has 5 atom stereocenters. The van der Waals surface area contributed by atoms with Crippen molar-refractivity contribution in [1.29, 1.82) is 0 Å². The molecule has 2 rings (SSSR count). The number of ether oxygens (including phenoxy) is 3. The van der Waals surface area contributed by atoms with Crippen molar-refractivity contribution in [1.82, 2.24) is 0 Å². The lowest BCUT2D eigenvalue weighted by Crippen LogP contribution is -2.57. The summed E-state index contributed by atoms with van der Waals surface area (Å²) in [7, 11) is -6.04. The molecule has 14 heteroatoms. The Morgan fingerprint density at radius 2 is 1.71 bits per heavy atom. The second kappa shape index (κ2) is 9.38. The molecule has 0 saturated carbocycles. The van der Waals surface area contributed by atoms with E-state index in [0.717, 1.165) is 26.0 Å². The Hall–Kier alpha value is -2.42. The Bertz CT molecular complexity index is 917. The van der Waals surface area contributed by atoms with Gasteiger partial charge in [-0.15, -0.1) is 0 Å². The highest BCUT2D eigenvalue weighted by atomic mass is 32.2. The largest absolute Gasteiger partial charge is 0.534 e. The minimum atomic E-state index is -6.04. The predicted octanol–water partition coefficient (Wildman–Crippen LogP) is 0.572. The first kappa shape index (κ1) is 24.8. The molecule has 1 aromatic carbocycles. The molecular weight excluding hydrogens is 453 g/mol. The highest BCUT2D eigenvalue weighted by Gasteiger charge is 2.51. The number of hydrogen-bond acceptors (Lipinski definition) is 10. The number of alkyl halides is 3. The number of esters is 2. The van der Waals surface area contributed by atoms with Crippen LogP contribution in [-0.4, -0.2) is 67.1 Å². The smallest absolute Gasteiger partial charge is 0.463 e. The van der Waals surface area contributed by atoms with E-state index in [0.29, 0.717) is 0 Å². The number of rotatable bonds is 6. The maximum Gasteiger partial charge on any atom is 0.534 e. The van der Waals surface area contributed by atoms with Crippen LogP contribution >= 0.6 is 0 Å². The van der Waals surface area contributed by atoms with Crippen molar-refractivity contribution in [3.63, 3.8) is 0 Å². The molecule has 2 N–H and O–H groups in total. The Morgan fingerprint density at radius 3 is 2.26 bits per heavy atom. The highest BCUT2D eigenvalue weighted by Crippen LogP contribution is 2.39. The van der Waals surface area contributed by atoms with Crippen LogP contribution in [0.25, 0.3) is 0 Å². The minimum absolute atomic E-state index is 0.351. The van der Waals surface area contributed by atoms with E-state index >= 15 is 0 Å². The third kappa shape index (κ3) is 5.84. The zero-order valence-electron chi connectivity index (χ0n) is 16.1. The monoisotopic (exact) mass is 472 g/mol. The Balaban J connectivity index is 2.42. The summed E-state index contributed by atoms with van der Waals surface area (Å²) in [5.41, 5.74) is -6.07. The Labute approximate surface area is 174 Å². The first-order chi connectivity index (χ1) is 14.2. The SMILES string of the molecule is CC(=O)OC[C@H]1O[C@H](c2ccccc2OS(=O)(=O)C(F)(F)F)[C@@H](O)[C@@H](O)[C@H]1OC(C)=O.